The van der Waals surface area contributed by atoms with Gasteiger partial charge in [-0.2, -0.15) is 0 Å². The molecule has 1 aliphatic heterocycles. The third kappa shape index (κ3) is 6.64. The molecule has 0 aliphatic carbocycles. The van der Waals surface area contributed by atoms with E-state index in [1.165, 1.54) is 18.2 Å². The molecule has 1 amide bonds. The van der Waals surface area contributed by atoms with Gasteiger partial charge in [-0.15, -0.1) is 0 Å². The third-order valence-electron chi connectivity index (χ3n) is 5.83. The first-order valence-corrected chi connectivity index (χ1v) is 13.7. The smallest absolute Gasteiger partial charge is 0.289 e. The van der Waals surface area contributed by atoms with Gasteiger partial charge in [0, 0.05) is 63.8 Å². The van der Waals surface area contributed by atoms with Gasteiger partial charge in [-0.25, -0.2) is 27.8 Å². The number of aromatic nitrogens is 3. The molecule has 1 saturated heterocycles. The molecule has 12 heteroatoms. The van der Waals surface area contributed by atoms with Crippen LogP contribution >= 0.6 is 0 Å². The van der Waals surface area contributed by atoms with E-state index in [4.69, 9.17) is 4.42 Å². The molecule has 2 aromatic heterocycles. The molecule has 1 fully saturated rings. The van der Waals surface area contributed by atoms with Gasteiger partial charge in [0.15, 0.2) is 0 Å². The number of hydrogen-bond donors (Lipinski definition) is 1. The Morgan fingerprint density at radius 3 is 2.50 bits per heavy atom. The summed E-state index contributed by atoms with van der Waals surface area (Å²) in [5.41, 5.74) is 0.283. The Morgan fingerprint density at radius 2 is 1.83 bits per heavy atom. The second kappa shape index (κ2) is 11.1. The highest BCUT2D eigenvalue weighted by Crippen LogP contribution is 2.25. The zero-order chi connectivity index (χ0) is 25.7. The maximum absolute atomic E-state index is 14.3. The summed E-state index contributed by atoms with van der Waals surface area (Å²) in [7, 11) is -3.30. The summed E-state index contributed by atoms with van der Waals surface area (Å²) in [4.78, 5) is 30.3. The number of halogens is 1. The van der Waals surface area contributed by atoms with Crippen molar-refractivity contribution in [2.75, 3.05) is 49.6 Å². The minimum Gasteiger partial charge on any atom is -0.431 e. The molecule has 0 bridgehead atoms. The molecule has 3 heterocycles. The fourth-order valence-corrected chi connectivity index (χ4v) is 4.60. The average Bonchev–Trinajstić information content (AvgIpc) is 3.28. The Kier molecular flexibility index (Phi) is 7.94. The molecule has 36 heavy (non-hydrogen) atoms. The molecule has 3 aromatic rings. The first-order chi connectivity index (χ1) is 17.2. The van der Waals surface area contributed by atoms with Gasteiger partial charge in [-0.05, 0) is 25.1 Å². The van der Waals surface area contributed by atoms with E-state index in [0.717, 1.165) is 32.4 Å². The highest BCUT2D eigenvalue weighted by atomic mass is 32.2. The van der Waals surface area contributed by atoms with Crippen molar-refractivity contribution < 1.29 is 22.0 Å². The van der Waals surface area contributed by atoms with Crippen LogP contribution in [0, 0.1) is 5.82 Å². The molecule has 4 rings (SSSR count). The number of anilines is 1. The summed E-state index contributed by atoms with van der Waals surface area (Å²) in [5.74, 6) is -0.729. The first kappa shape index (κ1) is 25.7. The van der Waals surface area contributed by atoms with Crippen molar-refractivity contribution in [1.82, 2.24) is 25.2 Å². The number of rotatable bonds is 9. The molecular formula is C24H29FN6O4S. The number of amides is 1. The molecule has 0 radical (unpaired) electrons. The number of piperazine rings is 1. The number of carbonyl (C=O) groups excluding carboxylic acids is 1. The zero-order valence-corrected chi connectivity index (χ0v) is 21.0. The molecule has 0 spiro atoms. The number of aryl methyl sites for hydroxylation is 1. The minimum absolute atomic E-state index is 0.0164. The Bertz CT molecular complexity index is 1290. The van der Waals surface area contributed by atoms with Gasteiger partial charge in [0.2, 0.25) is 17.6 Å². The van der Waals surface area contributed by atoms with Crippen molar-refractivity contribution in [1.29, 1.82) is 0 Å². The molecule has 1 unspecified atom stereocenters. The highest BCUT2D eigenvalue weighted by Gasteiger charge is 2.26. The van der Waals surface area contributed by atoms with Gasteiger partial charge in [-0.3, -0.25) is 9.69 Å². The van der Waals surface area contributed by atoms with Crippen LogP contribution in [0.25, 0.3) is 11.5 Å². The standard InChI is InChI=1S/C24H29FN6O4S/c1-17(16-30-11-13-31(14-12-30)24-26-9-5-10-27-24)28-22(32)21-20(8-15-36(2,33)34)29-23(35-21)18-6-3-4-7-19(18)25/h3-7,9-10,17H,8,11-16H2,1-2H3,(H,28,32). The fraction of sp³-hybridized carbons (Fsp3) is 0.417. The Labute approximate surface area is 209 Å². The van der Waals surface area contributed by atoms with Crippen LogP contribution in [-0.4, -0.2) is 85.0 Å². The second-order valence-corrected chi connectivity index (χ2v) is 11.1. The fourth-order valence-electron chi connectivity index (χ4n) is 4.04. The summed E-state index contributed by atoms with van der Waals surface area (Å²) in [6.45, 7) is 5.62. The lowest BCUT2D eigenvalue weighted by atomic mass is 10.2. The molecule has 192 valence electrons. The Morgan fingerprint density at radius 1 is 1.14 bits per heavy atom. The number of nitrogens with one attached hydrogen (secondary N) is 1. The van der Waals surface area contributed by atoms with Crippen molar-refractivity contribution in [3.05, 3.63) is 60.0 Å². The van der Waals surface area contributed by atoms with Crippen LogP contribution < -0.4 is 10.2 Å². The van der Waals surface area contributed by atoms with Gasteiger partial charge in [-0.1, -0.05) is 12.1 Å². The topological polar surface area (TPSA) is 122 Å². The summed E-state index contributed by atoms with van der Waals surface area (Å²) >= 11 is 0. The molecular weight excluding hydrogens is 487 g/mol. The van der Waals surface area contributed by atoms with Crippen LogP contribution in [-0.2, 0) is 16.3 Å². The van der Waals surface area contributed by atoms with E-state index < -0.39 is 21.6 Å². The van der Waals surface area contributed by atoms with Gasteiger partial charge < -0.3 is 14.6 Å². The molecule has 1 aromatic carbocycles. The largest absolute Gasteiger partial charge is 0.431 e. The number of nitrogens with zero attached hydrogens (tertiary/aromatic N) is 5. The summed E-state index contributed by atoms with van der Waals surface area (Å²) < 4.78 is 43.3. The van der Waals surface area contributed by atoms with Crippen LogP contribution in [0.2, 0.25) is 0 Å². The van der Waals surface area contributed by atoms with Crippen molar-refractivity contribution in [2.45, 2.75) is 19.4 Å². The SMILES string of the molecule is CC(CN1CCN(c2ncccn2)CC1)NC(=O)c1oc(-c2ccccc2F)nc1CCS(C)(=O)=O. The number of sulfone groups is 1. The Balaban J connectivity index is 1.41. The predicted molar refractivity (Wildman–Crippen MR) is 133 cm³/mol. The van der Waals surface area contributed by atoms with E-state index in [9.17, 15) is 17.6 Å². The Hall–Kier alpha value is -3.38. The number of carbonyl (C=O) groups is 1. The summed E-state index contributed by atoms with van der Waals surface area (Å²) in [5, 5.41) is 2.91. The first-order valence-electron chi connectivity index (χ1n) is 11.7. The van der Waals surface area contributed by atoms with E-state index in [1.54, 1.807) is 24.5 Å². The van der Waals surface area contributed by atoms with Crippen molar-refractivity contribution >= 4 is 21.7 Å². The van der Waals surface area contributed by atoms with Crippen LogP contribution in [0.5, 0.6) is 0 Å². The minimum atomic E-state index is -3.30. The molecule has 1 N–H and O–H groups in total. The zero-order valence-electron chi connectivity index (χ0n) is 20.2. The summed E-state index contributed by atoms with van der Waals surface area (Å²) in [6, 6.07) is 7.48. The summed E-state index contributed by atoms with van der Waals surface area (Å²) in [6.07, 6.45) is 4.53. The molecule has 10 nitrogen and oxygen atoms in total. The van der Waals surface area contributed by atoms with Crippen LogP contribution in [0.1, 0.15) is 23.2 Å². The normalized spacial score (nSPS) is 15.6. The third-order valence-corrected chi connectivity index (χ3v) is 6.78. The van der Waals surface area contributed by atoms with Crippen molar-refractivity contribution in [3.63, 3.8) is 0 Å². The van der Waals surface area contributed by atoms with E-state index in [-0.39, 0.29) is 41.1 Å². The lowest BCUT2D eigenvalue weighted by Crippen LogP contribution is -2.51. The van der Waals surface area contributed by atoms with E-state index >= 15 is 0 Å². The van der Waals surface area contributed by atoms with Crippen LogP contribution in [0.3, 0.4) is 0 Å². The van der Waals surface area contributed by atoms with Crippen molar-refractivity contribution in [2.24, 2.45) is 0 Å². The number of oxazole rings is 1. The lowest BCUT2D eigenvalue weighted by molar-refractivity contribution is 0.0899. The maximum Gasteiger partial charge on any atom is 0.289 e. The molecule has 1 aliphatic rings. The second-order valence-electron chi connectivity index (χ2n) is 8.87. The van der Waals surface area contributed by atoms with Gasteiger partial charge >= 0.3 is 0 Å². The maximum atomic E-state index is 14.3. The van der Waals surface area contributed by atoms with E-state index in [2.05, 4.69) is 30.1 Å². The van der Waals surface area contributed by atoms with E-state index in [0.29, 0.717) is 12.5 Å². The molecule has 0 saturated carbocycles. The van der Waals surface area contributed by atoms with Gasteiger partial charge in [0.25, 0.3) is 5.91 Å². The number of benzene rings is 1. The predicted octanol–water partition coefficient (Wildman–Crippen LogP) is 1.80. The van der Waals surface area contributed by atoms with E-state index in [1.807, 2.05) is 6.92 Å². The quantitative estimate of drug-likeness (QED) is 0.454. The average molecular weight is 517 g/mol. The van der Waals surface area contributed by atoms with Gasteiger partial charge in [0.1, 0.15) is 15.7 Å². The molecule has 1 atom stereocenters. The van der Waals surface area contributed by atoms with Gasteiger partial charge in [0.05, 0.1) is 17.0 Å². The van der Waals surface area contributed by atoms with Crippen molar-refractivity contribution in [3.8, 4) is 11.5 Å². The van der Waals surface area contributed by atoms with Crippen LogP contribution in [0.15, 0.2) is 47.1 Å². The van der Waals surface area contributed by atoms with Crippen LogP contribution in [0.4, 0.5) is 10.3 Å². The monoisotopic (exact) mass is 516 g/mol. The lowest BCUT2D eigenvalue weighted by Gasteiger charge is -2.35. The number of hydrogen-bond acceptors (Lipinski definition) is 9. The highest BCUT2D eigenvalue weighted by molar-refractivity contribution is 7.90.